The molecule has 1 unspecified atom stereocenters. The van der Waals surface area contributed by atoms with Gasteiger partial charge in [-0.2, -0.15) is 0 Å². The smallest absolute Gasteiger partial charge is 0.236 e. The van der Waals surface area contributed by atoms with Crippen molar-refractivity contribution in [1.29, 1.82) is 0 Å². The van der Waals surface area contributed by atoms with E-state index in [1.165, 1.54) is 23.6 Å². The number of nitrogens with one attached hydrogen (secondary N) is 1. The van der Waals surface area contributed by atoms with Gasteiger partial charge in [-0.15, -0.1) is 0 Å². The number of allylic oxidation sites excluding steroid dienone is 1. The second kappa shape index (κ2) is 10.6. The molecular weight excluding hydrogens is 420 g/mol. The van der Waals surface area contributed by atoms with Gasteiger partial charge in [0.05, 0.1) is 5.92 Å². The summed E-state index contributed by atoms with van der Waals surface area (Å²) in [6, 6.07) is 13.2. The molecule has 1 aliphatic heterocycles. The zero-order valence-electron chi connectivity index (χ0n) is 19.1. The fourth-order valence-corrected chi connectivity index (χ4v) is 4.32. The Bertz CT molecular complexity index is 1040. The first-order valence-corrected chi connectivity index (χ1v) is 11.5. The number of hydrogen-bond acceptors (Lipinski definition) is 3. The van der Waals surface area contributed by atoms with Crippen LogP contribution >= 0.6 is 11.6 Å². The van der Waals surface area contributed by atoms with Crippen LogP contribution < -0.4 is 10.2 Å². The van der Waals surface area contributed by atoms with Gasteiger partial charge in [-0.3, -0.25) is 9.59 Å². The highest BCUT2D eigenvalue weighted by Gasteiger charge is 2.34. The maximum Gasteiger partial charge on any atom is 0.236 e. The maximum absolute atomic E-state index is 13.0. The molecule has 0 spiro atoms. The highest BCUT2D eigenvalue weighted by atomic mass is 35.5. The number of amides is 1. The number of carbonyl (C=O) groups is 2. The van der Waals surface area contributed by atoms with Crippen molar-refractivity contribution < 1.29 is 9.59 Å². The number of anilines is 1. The van der Waals surface area contributed by atoms with Crippen LogP contribution in [-0.2, 0) is 4.79 Å². The number of benzene rings is 2. The van der Waals surface area contributed by atoms with Gasteiger partial charge < -0.3 is 10.2 Å². The van der Waals surface area contributed by atoms with E-state index >= 15 is 0 Å². The van der Waals surface area contributed by atoms with Crippen LogP contribution in [0.4, 0.5) is 5.69 Å². The van der Waals surface area contributed by atoms with Crippen LogP contribution in [0.15, 0.2) is 60.8 Å². The molecule has 0 aromatic heterocycles. The van der Waals surface area contributed by atoms with Crippen molar-refractivity contribution in [3.8, 4) is 0 Å². The first kappa shape index (κ1) is 23.8. The molecule has 2 aromatic rings. The summed E-state index contributed by atoms with van der Waals surface area (Å²) in [5, 5.41) is 4.12. The van der Waals surface area contributed by atoms with Crippen LogP contribution in [0.3, 0.4) is 0 Å². The minimum atomic E-state index is -0.242. The van der Waals surface area contributed by atoms with Crippen molar-refractivity contribution in [1.82, 2.24) is 5.32 Å². The molecule has 0 saturated carbocycles. The number of ketones is 1. The van der Waals surface area contributed by atoms with E-state index in [4.69, 9.17) is 11.6 Å². The third-order valence-electron chi connectivity index (χ3n) is 5.95. The summed E-state index contributed by atoms with van der Waals surface area (Å²) in [5.41, 5.74) is 5.84. The van der Waals surface area contributed by atoms with Gasteiger partial charge in [-0.05, 0) is 86.2 Å². The van der Waals surface area contributed by atoms with Gasteiger partial charge in [0, 0.05) is 35.1 Å². The van der Waals surface area contributed by atoms with E-state index in [9.17, 15) is 9.59 Å². The number of carbonyl (C=O) groups excluding carboxylic acids is 2. The molecule has 168 valence electrons. The van der Waals surface area contributed by atoms with E-state index in [0.717, 1.165) is 35.7 Å². The highest BCUT2D eigenvalue weighted by molar-refractivity contribution is 6.30. The lowest BCUT2D eigenvalue weighted by atomic mass is 9.97. The van der Waals surface area contributed by atoms with Crippen molar-refractivity contribution >= 4 is 34.6 Å². The molecule has 0 aliphatic carbocycles. The second-order valence-corrected chi connectivity index (χ2v) is 8.67. The Morgan fingerprint density at radius 1 is 1.25 bits per heavy atom. The molecule has 1 aliphatic rings. The van der Waals surface area contributed by atoms with Gasteiger partial charge in [0.2, 0.25) is 5.91 Å². The van der Waals surface area contributed by atoms with Gasteiger partial charge in [0.15, 0.2) is 5.78 Å². The summed E-state index contributed by atoms with van der Waals surface area (Å²) in [6.45, 7) is 11.3. The number of aryl methyl sites for hydroxylation is 1. The predicted molar refractivity (Wildman–Crippen MR) is 133 cm³/mol. The van der Waals surface area contributed by atoms with E-state index in [2.05, 4.69) is 31.8 Å². The van der Waals surface area contributed by atoms with Gasteiger partial charge in [-0.25, -0.2) is 0 Å². The summed E-state index contributed by atoms with van der Waals surface area (Å²) in [5.74, 6) is -0.175. The molecule has 5 heteroatoms. The van der Waals surface area contributed by atoms with Crippen molar-refractivity contribution in [2.24, 2.45) is 5.92 Å². The van der Waals surface area contributed by atoms with E-state index in [1.807, 2.05) is 30.3 Å². The zero-order chi connectivity index (χ0) is 23.3. The van der Waals surface area contributed by atoms with Crippen molar-refractivity contribution in [3.05, 3.63) is 82.5 Å². The molecule has 3 rings (SSSR count). The maximum atomic E-state index is 13.0. The predicted octanol–water partition coefficient (Wildman–Crippen LogP) is 6.19. The lowest BCUT2D eigenvalue weighted by molar-refractivity contribution is -0.119. The van der Waals surface area contributed by atoms with Gasteiger partial charge in [-0.1, -0.05) is 37.2 Å². The fourth-order valence-electron chi connectivity index (χ4n) is 4.15. The number of nitrogens with zero attached hydrogens (tertiary/aromatic N) is 1. The topological polar surface area (TPSA) is 49.4 Å². The van der Waals surface area contributed by atoms with Crippen LogP contribution in [0.25, 0.3) is 5.57 Å². The molecule has 0 radical (unpaired) electrons. The molecule has 1 amide bonds. The van der Waals surface area contributed by atoms with Crippen molar-refractivity contribution in [2.75, 3.05) is 18.0 Å². The Balaban J connectivity index is 1.60. The average molecular weight is 451 g/mol. The van der Waals surface area contributed by atoms with Crippen molar-refractivity contribution in [2.45, 2.75) is 40.0 Å². The summed E-state index contributed by atoms with van der Waals surface area (Å²) < 4.78 is 0. The fraction of sp³-hybridized carbons (Fsp3) is 0.333. The van der Waals surface area contributed by atoms with Crippen LogP contribution in [0.5, 0.6) is 0 Å². The molecule has 4 nitrogen and oxygen atoms in total. The number of Topliss-reactive ketones (excluding diaryl/α,β-unsaturated/α-hetero) is 1. The molecule has 1 saturated heterocycles. The molecule has 1 heterocycles. The third-order valence-corrected chi connectivity index (χ3v) is 6.19. The van der Waals surface area contributed by atoms with E-state index in [-0.39, 0.29) is 17.6 Å². The highest BCUT2D eigenvalue weighted by Crippen LogP contribution is 2.29. The summed E-state index contributed by atoms with van der Waals surface area (Å²) in [6.07, 6.45) is 4.73. The molecule has 32 heavy (non-hydrogen) atoms. The lowest BCUT2D eigenvalue weighted by Gasteiger charge is -2.19. The van der Waals surface area contributed by atoms with Gasteiger partial charge in [0.1, 0.15) is 0 Å². The Labute approximate surface area is 196 Å². The Hall–Kier alpha value is -2.85. The largest absolute Gasteiger partial charge is 0.388 e. The van der Waals surface area contributed by atoms with E-state index in [1.54, 1.807) is 17.0 Å². The molecule has 0 bridgehead atoms. The second-order valence-electron chi connectivity index (χ2n) is 8.23. The van der Waals surface area contributed by atoms with Crippen LogP contribution in [0, 0.1) is 12.8 Å². The molecule has 1 atom stereocenters. The van der Waals surface area contributed by atoms with Crippen molar-refractivity contribution in [3.63, 3.8) is 0 Å². The quantitative estimate of drug-likeness (QED) is 0.463. The van der Waals surface area contributed by atoms with Gasteiger partial charge >= 0.3 is 0 Å². The normalized spacial score (nSPS) is 16.4. The molecule has 2 aromatic carbocycles. The zero-order valence-corrected chi connectivity index (χ0v) is 19.8. The van der Waals surface area contributed by atoms with Gasteiger partial charge in [0.25, 0.3) is 0 Å². The molecule has 1 N–H and O–H groups in total. The Morgan fingerprint density at radius 3 is 2.62 bits per heavy atom. The number of rotatable bonds is 9. The minimum absolute atomic E-state index is 0.0178. The first-order chi connectivity index (χ1) is 15.3. The van der Waals surface area contributed by atoms with E-state index in [0.29, 0.717) is 18.7 Å². The Morgan fingerprint density at radius 2 is 1.97 bits per heavy atom. The molecular formula is C27H31ClN2O2. The minimum Gasteiger partial charge on any atom is -0.388 e. The first-order valence-electron chi connectivity index (χ1n) is 11.1. The average Bonchev–Trinajstić information content (AvgIpc) is 3.16. The summed E-state index contributed by atoms with van der Waals surface area (Å²) in [4.78, 5) is 26.3. The van der Waals surface area contributed by atoms with Crippen LogP contribution in [-0.4, -0.2) is 24.8 Å². The monoisotopic (exact) mass is 450 g/mol. The molecule has 1 fully saturated rings. The Kier molecular flexibility index (Phi) is 7.92. The summed E-state index contributed by atoms with van der Waals surface area (Å²) >= 11 is 6.22. The summed E-state index contributed by atoms with van der Waals surface area (Å²) in [7, 11) is 0. The lowest BCUT2D eigenvalue weighted by Crippen LogP contribution is -2.30. The van der Waals surface area contributed by atoms with Crippen LogP contribution in [0.2, 0.25) is 5.02 Å². The number of halogens is 1. The third kappa shape index (κ3) is 5.49. The van der Waals surface area contributed by atoms with Crippen LogP contribution in [0.1, 0.15) is 54.6 Å². The number of hydrogen-bond donors (Lipinski definition) is 1. The van der Waals surface area contributed by atoms with E-state index < -0.39 is 0 Å². The SMILES string of the molecule is C=C(NCC/C(=C/CC)c1cc(Cl)ccc1C)C1CCN(c2ccc(C(C)=O)cc2)C1=O. The standard InChI is InChI=1S/C27H31ClN2O2/c1-5-6-22(26-17-23(28)10-7-18(26)2)13-15-29-19(3)25-14-16-30(27(25)32)24-11-8-21(9-12-24)20(4)31/h6-12,17,25,29H,3,5,13-16H2,1-2,4H3/b22-6-.